The molecule has 5 rings (SSSR count). The molecule has 0 atom stereocenters. The van der Waals surface area contributed by atoms with Crippen LogP contribution in [0.25, 0.3) is 0 Å². The van der Waals surface area contributed by atoms with Gasteiger partial charge in [0.1, 0.15) is 11.5 Å². The van der Waals surface area contributed by atoms with E-state index in [1.807, 2.05) is 91.4 Å². The third-order valence-electron chi connectivity index (χ3n) is 5.88. The fraction of sp³-hybridized carbons (Fsp3) is 0.250. The van der Waals surface area contributed by atoms with Gasteiger partial charge >= 0.3 is 0 Å². The third kappa shape index (κ3) is 5.41. The second kappa shape index (κ2) is 10.9. The average molecular weight is 453 g/mol. The lowest BCUT2D eigenvalue weighted by molar-refractivity contribution is 0.00352. The number of hydrogen-bond acceptors (Lipinski definition) is 6. The number of hydrogen-bond donors (Lipinski definition) is 0. The van der Waals surface area contributed by atoms with E-state index in [2.05, 4.69) is 14.9 Å². The summed E-state index contributed by atoms with van der Waals surface area (Å²) in [5.74, 6) is 1.43. The van der Waals surface area contributed by atoms with Gasteiger partial charge in [-0.3, -0.25) is 19.9 Å². The summed E-state index contributed by atoms with van der Waals surface area (Å²) in [6.07, 6.45) is 5.03. The Morgan fingerprint density at radius 1 is 0.559 bits per heavy atom. The summed E-state index contributed by atoms with van der Waals surface area (Å²) in [5.41, 5.74) is 3.73. The molecule has 2 aliphatic heterocycles. The lowest BCUT2D eigenvalue weighted by Gasteiger charge is -2.24. The molecular weight excluding hydrogens is 424 g/mol. The highest BCUT2D eigenvalue weighted by Crippen LogP contribution is 2.30. The van der Waals surface area contributed by atoms with Crippen LogP contribution in [-0.2, 0) is 0 Å². The Morgan fingerprint density at radius 2 is 1.00 bits per heavy atom. The smallest absolute Gasteiger partial charge is 0.268 e. The van der Waals surface area contributed by atoms with Crippen molar-refractivity contribution in [3.63, 3.8) is 0 Å². The molecule has 2 heterocycles. The highest BCUT2D eigenvalue weighted by molar-refractivity contribution is 5.85. The van der Waals surface area contributed by atoms with E-state index in [-0.39, 0.29) is 0 Å². The molecule has 0 unspecified atom stereocenters. The normalized spacial score (nSPS) is 20.4. The van der Waals surface area contributed by atoms with Gasteiger partial charge in [-0.25, -0.2) is 0 Å². The van der Waals surface area contributed by atoms with Gasteiger partial charge < -0.3 is 9.47 Å². The van der Waals surface area contributed by atoms with Crippen molar-refractivity contribution in [3.05, 3.63) is 95.1 Å². The van der Waals surface area contributed by atoms with Crippen LogP contribution in [0.5, 0.6) is 11.5 Å². The van der Waals surface area contributed by atoms with Gasteiger partial charge in [0.2, 0.25) is 0 Å². The van der Waals surface area contributed by atoms with E-state index in [1.165, 1.54) is 0 Å². The first-order valence-corrected chi connectivity index (χ1v) is 11.7. The third-order valence-corrected chi connectivity index (χ3v) is 5.88. The molecule has 0 aromatic heterocycles. The molecule has 172 valence electrons. The minimum absolute atomic E-state index is 0.682. The van der Waals surface area contributed by atoms with Crippen molar-refractivity contribution in [2.45, 2.75) is 6.29 Å². The monoisotopic (exact) mass is 452 g/mol. The van der Waals surface area contributed by atoms with Crippen molar-refractivity contribution in [3.8, 4) is 11.5 Å². The van der Waals surface area contributed by atoms with Crippen LogP contribution in [0.4, 0.5) is 0 Å². The molecule has 34 heavy (non-hydrogen) atoms. The minimum Gasteiger partial charge on any atom is -0.450 e. The number of rotatable bonds is 0. The molecular formula is C28H28N4O2. The lowest BCUT2D eigenvalue weighted by atomic mass is 10.1. The molecule has 0 N–H and O–H groups in total. The molecule has 3 aromatic carbocycles. The molecule has 0 spiro atoms. The fourth-order valence-electron chi connectivity index (χ4n) is 4.04. The summed E-state index contributed by atoms with van der Waals surface area (Å²) in [4.78, 5) is 16.5. The highest BCUT2D eigenvalue weighted by Gasteiger charge is 2.21. The first-order valence-electron chi connectivity index (χ1n) is 11.7. The Hall–Kier alpha value is -3.77. The Kier molecular flexibility index (Phi) is 7.07. The summed E-state index contributed by atoms with van der Waals surface area (Å²) < 4.78 is 13.1. The number of para-hydroxylation sites is 2. The number of aliphatic imine (C=N–C) groups is 3. The maximum absolute atomic E-state index is 6.54. The van der Waals surface area contributed by atoms with Gasteiger partial charge in [0, 0.05) is 60.5 Å². The molecule has 6 heteroatoms. The average Bonchev–Trinajstić information content (AvgIpc) is 2.87. The Morgan fingerprint density at radius 3 is 1.56 bits per heavy atom. The molecule has 0 aliphatic carbocycles. The topological polar surface area (TPSA) is 58.8 Å². The van der Waals surface area contributed by atoms with Crippen molar-refractivity contribution in [1.82, 2.24) is 4.90 Å². The molecule has 0 saturated heterocycles. The van der Waals surface area contributed by atoms with Crippen molar-refractivity contribution >= 4 is 18.6 Å². The van der Waals surface area contributed by atoms with Crippen LogP contribution < -0.4 is 9.47 Å². The van der Waals surface area contributed by atoms with Crippen LogP contribution in [0.3, 0.4) is 0 Å². The van der Waals surface area contributed by atoms with Gasteiger partial charge in [-0.05, 0) is 24.3 Å². The zero-order valence-corrected chi connectivity index (χ0v) is 19.1. The molecule has 0 radical (unpaired) electrons. The van der Waals surface area contributed by atoms with Gasteiger partial charge in [0.15, 0.2) is 0 Å². The summed E-state index contributed by atoms with van der Waals surface area (Å²) in [6, 6.07) is 23.9. The van der Waals surface area contributed by atoms with Gasteiger partial charge in [-0.15, -0.1) is 0 Å². The highest BCUT2D eigenvalue weighted by atomic mass is 16.7. The van der Waals surface area contributed by atoms with Gasteiger partial charge in [0.05, 0.1) is 19.6 Å². The van der Waals surface area contributed by atoms with E-state index in [4.69, 9.17) is 14.5 Å². The quantitative estimate of drug-likeness (QED) is 0.507. The van der Waals surface area contributed by atoms with Crippen LogP contribution in [0.1, 0.15) is 28.5 Å². The van der Waals surface area contributed by atoms with Crippen LogP contribution in [0, 0.1) is 0 Å². The largest absolute Gasteiger partial charge is 0.450 e. The SMILES string of the molecule is C1=NCCN2CCN=Cc3ccccc3OC(Oc3ccccc31)c1ccccc1C=NCC2. The van der Waals surface area contributed by atoms with E-state index < -0.39 is 6.29 Å². The Balaban J connectivity index is 1.66. The predicted octanol–water partition coefficient (Wildman–Crippen LogP) is 4.43. The maximum atomic E-state index is 6.54. The zero-order chi connectivity index (χ0) is 23.0. The van der Waals surface area contributed by atoms with Gasteiger partial charge in [-0.1, -0.05) is 48.5 Å². The van der Waals surface area contributed by atoms with Gasteiger partial charge in [-0.2, -0.15) is 0 Å². The van der Waals surface area contributed by atoms with Crippen LogP contribution in [-0.4, -0.2) is 62.8 Å². The van der Waals surface area contributed by atoms with Crippen molar-refractivity contribution in [2.75, 3.05) is 39.3 Å². The first kappa shape index (κ1) is 22.0. The van der Waals surface area contributed by atoms with E-state index in [0.717, 1.165) is 41.9 Å². The summed E-state index contributed by atoms with van der Waals surface area (Å²) >= 11 is 0. The zero-order valence-electron chi connectivity index (χ0n) is 19.1. The number of ether oxygens (including phenoxy) is 2. The van der Waals surface area contributed by atoms with Crippen LogP contribution >= 0.6 is 0 Å². The molecule has 2 bridgehead atoms. The molecule has 2 aliphatic rings. The van der Waals surface area contributed by atoms with E-state index in [1.54, 1.807) is 0 Å². The summed E-state index contributed by atoms with van der Waals surface area (Å²) in [7, 11) is 0. The molecule has 0 fully saturated rings. The predicted molar refractivity (Wildman–Crippen MR) is 137 cm³/mol. The van der Waals surface area contributed by atoms with Crippen molar-refractivity contribution in [1.29, 1.82) is 0 Å². The van der Waals surface area contributed by atoms with E-state index in [0.29, 0.717) is 31.1 Å². The fourth-order valence-corrected chi connectivity index (χ4v) is 4.04. The Bertz CT molecular complexity index is 1140. The van der Waals surface area contributed by atoms with Crippen molar-refractivity contribution < 1.29 is 9.47 Å². The minimum atomic E-state index is -0.682. The molecule has 3 aromatic rings. The number of benzene rings is 3. The summed E-state index contributed by atoms with van der Waals surface area (Å²) in [6.45, 7) is 4.66. The Labute approximate surface area is 200 Å². The molecule has 6 nitrogen and oxygen atoms in total. The standard InChI is InChI=1S/C28H28N4O2/c1-4-10-25-22(7-1)19-29-13-16-32-17-14-30-20-23-8-2-5-11-26(23)33-28(25)34-27-12-6-3-9-24(27)21-31-15-18-32/h1-12,19-21,28H,13-18H2. The second-order valence-electron chi connectivity index (χ2n) is 8.22. The van der Waals surface area contributed by atoms with Crippen molar-refractivity contribution in [2.24, 2.45) is 15.0 Å². The molecule has 0 amide bonds. The van der Waals surface area contributed by atoms with Gasteiger partial charge in [0.25, 0.3) is 6.29 Å². The molecule has 0 saturated carbocycles. The first-order chi connectivity index (χ1) is 16.9. The lowest BCUT2D eigenvalue weighted by Crippen LogP contribution is -2.31. The summed E-state index contributed by atoms with van der Waals surface area (Å²) in [5, 5.41) is 0. The van der Waals surface area contributed by atoms with Crippen LogP contribution in [0.15, 0.2) is 87.8 Å². The number of fused-ring (bicyclic) bond motifs is 5. The van der Waals surface area contributed by atoms with E-state index >= 15 is 0 Å². The van der Waals surface area contributed by atoms with Crippen LogP contribution in [0.2, 0.25) is 0 Å². The van der Waals surface area contributed by atoms with E-state index in [9.17, 15) is 0 Å². The second-order valence-corrected chi connectivity index (χ2v) is 8.22. The number of nitrogens with zero attached hydrogens (tertiary/aromatic N) is 4. The maximum Gasteiger partial charge on any atom is 0.268 e.